The van der Waals surface area contributed by atoms with E-state index in [1.165, 1.54) is 21.9 Å². The van der Waals surface area contributed by atoms with Gasteiger partial charge in [0.05, 0.1) is 67.9 Å². The van der Waals surface area contributed by atoms with Gasteiger partial charge < -0.3 is 34.3 Å². The zero-order valence-corrected chi connectivity index (χ0v) is 39.9. The molecule has 2 saturated heterocycles. The first-order chi connectivity index (χ1) is 35.5. The summed E-state index contributed by atoms with van der Waals surface area (Å²) >= 11 is 0. The van der Waals surface area contributed by atoms with E-state index in [0.717, 1.165) is 6.42 Å². The predicted molar refractivity (Wildman–Crippen MR) is 257 cm³/mol. The number of nitrogens with zero attached hydrogens (tertiary/aromatic N) is 12. The summed E-state index contributed by atoms with van der Waals surface area (Å²) in [7, 11) is 1.74. The largest absolute Gasteiger partial charge is 0.460 e. The Hall–Kier alpha value is -8.25. The number of aliphatic hydroxyl groups excluding tert-OH is 1. The molecule has 2 amide bonds. The number of anilines is 2. The predicted octanol–water partition coefficient (Wildman–Crippen LogP) is 5.16. The van der Waals surface area contributed by atoms with Gasteiger partial charge in [-0.25, -0.2) is 27.7 Å². The van der Waals surface area contributed by atoms with Crippen LogP contribution >= 0.6 is 0 Å². The topological polar surface area (TPSA) is 248 Å². The minimum atomic E-state index is -0.543. The van der Waals surface area contributed by atoms with E-state index in [0.29, 0.717) is 82.4 Å². The summed E-state index contributed by atoms with van der Waals surface area (Å²) in [6.07, 6.45) is 8.66. The van der Waals surface area contributed by atoms with Gasteiger partial charge in [-0.15, -0.1) is 10.2 Å². The summed E-state index contributed by atoms with van der Waals surface area (Å²) in [5.41, 5.74) is 5.12. The van der Waals surface area contributed by atoms with Crippen molar-refractivity contribution in [3.8, 4) is 22.3 Å². The van der Waals surface area contributed by atoms with Crippen LogP contribution < -0.4 is 15.1 Å². The maximum atomic E-state index is 15.2. The van der Waals surface area contributed by atoms with Crippen LogP contribution in [0.4, 0.5) is 29.7 Å². The third kappa shape index (κ3) is 11.6. The molecule has 380 valence electrons. The van der Waals surface area contributed by atoms with Crippen molar-refractivity contribution in [2.45, 2.75) is 76.7 Å². The molecule has 0 bridgehead atoms. The zero-order chi connectivity index (χ0) is 51.0. The molecule has 8 heterocycles. The van der Waals surface area contributed by atoms with Crippen LogP contribution in [0.1, 0.15) is 44.5 Å². The highest BCUT2D eigenvalue weighted by Crippen LogP contribution is 2.32. The lowest BCUT2D eigenvalue weighted by Crippen LogP contribution is -2.41. The fourth-order valence-corrected chi connectivity index (χ4v) is 8.47. The van der Waals surface area contributed by atoms with E-state index in [1.54, 1.807) is 102 Å². The molecule has 0 aliphatic carbocycles. The molecule has 22 nitrogen and oxygen atoms in total. The number of carbonyl (C=O) groups excluding carboxylic acids is 3. The third-order valence-electron chi connectivity index (χ3n) is 12.6. The molecule has 6 atom stereocenters. The number of ether oxygens (including phenoxy) is 3. The van der Waals surface area contributed by atoms with Crippen LogP contribution in [0.15, 0.2) is 108 Å². The number of pyridine rings is 2. The number of cyclic esters (lactones) is 2. The van der Waals surface area contributed by atoms with Crippen molar-refractivity contribution in [1.82, 2.24) is 45.3 Å². The standard InChI is InChI=1S/C28H32FN7O5.C21H19FN6O4/c1-4-17(2)26(30-3)27(37)39-16-20-12-25(33-41-20)24-8-5-18(13-31-24)22-7-6-19(11-23(22)29)36-15-21(40-28(36)38)14-35-10-9-32-34-35;22-18-7-14(28-11-16(31-21(28)30)10-27-6-5-24-26-27)2-3-17(18)13-1-4-19(23-9-13)20-8-15(12-29)32-25-20/h5-11,13,17,20-21,26,30H,4,12,14-16H2,1-3H3;1-7,9,15-16,29H,8,10-12H2/t17-,20-,21-,26-;15-,16-/m00/s1. The Morgan fingerprint density at radius 3 is 1.67 bits per heavy atom. The molecule has 0 saturated carbocycles. The molecule has 10 rings (SSSR count). The van der Waals surface area contributed by atoms with Gasteiger partial charge in [0.25, 0.3) is 0 Å². The van der Waals surface area contributed by atoms with Crippen molar-refractivity contribution in [2.24, 2.45) is 16.2 Å². The smallest absolute Gasteiger partial charge is 0.414 e. The number of aliphatic hydroxyl groups is 1. The van der Waals surface area contributed by atoms with Gasteiger partial charge in [-0.3, -0.25) is 24.6 Å². The molecule has 2 aromatic carbocycles. The number of rotatable bonds is 17. The summed E-state index contributed by atoms with van der Waals surface area (Å²) in [6.45, 7) is 5.27. The van der Waals surface area contributed by atoms with E-state index in [4.69, 9.17) is 29.0 Å². The van der Waals surface area contributed by atoms with Gasteiger partial charge in [-0.2, -0.15) is 0 Å². The maximum Gasteiger partial charge on any atom is 0.414 e. The molecule has 73 heavy (non-hydrogen) atoms. The van der Waals surface area contributed by atoms with E-state index in [9.17, 15) is 18.8 Å². The van der Waals surface area contributed by atoms with Gasteiger partial charge in [0, 0.05) is 59.9 Å². The monoisotopic (exact) mass is 1000 g/mol. The van der Waals surface area contributed by atoms with Crippen LogP contribution in [0.2, 0.25) is 0 Å². The fraction of sp³-hybridized carbons (Fsp3) is 0.367. The van der Waals surface area contributed by atoms with E-state index in [2.05, 4.69) is 46.2 Å². The number of oxime groups is 2. The van der Waals surface area contributed by atoms with Gasteiger partial charge in [-0.05, 0) is 61.5 Å². The summed E-state index contributed by atoms with van der Waals surface area (Å²) in [6, 6.07) is 15.8. The minimum absolute atomic E-state index is 0.0852. The van der Waals surface area contributed by atoms with Crippen LogP contribution in [0.3, 0.4) is 0 Å². The number of amides is 2. The van der Waals surface area contributed by atoms with Gasteiger partial charge in [0.1, 0.15) is 47.9 Å². The Morgan fingerprint density at radius 1 is 0.753 bits per heavy atom. The van der Waals surface area contributed by atoms with Gasteiger partial charge in [0.2, 0.25) is 0 Å². The molecule has 6 aromatic rings. The molecule has 0 spiro atoms. The average molecular weight is 1000 g/mol. The third-order valence-corrected chi connectivity index (χ3v) is 12.6. The Bertz CT molecular complexity index is 2950. The number of benzene rings is 2. The first-order valence-corrected chi connectivity index (χ1v) is 23.5. The van der Waals surface area contributed by atoms with Crippen molar-refractivity contribution < 1.29 is 52.2 Å². The van der Waals surface area contributed by atoms with Crippen molar-refractivity contribution >= 4 is 41.0 Å². The second kappa shape index (κ2) is 22.4. The molecule has 4 aromatic heterocycles. The molecule has 4 aliphatic rings. The second-order valence-corrected chi connectivity index (χ2v) is 17.6. The van der Waals surface area contributed by atoms with Crippen molar-refractivity contribution in [1.29, 1.82) is 0 Å². The summed E-state index contributed by atoms with van der Waals surface area (Å²) in [4.78, 5) is 59.2. The molecule has 0 unspecified atom stereocenters. The lowest BCUT2D eigenvalue weighted by molar-refractivity contribution is -0.151. The van der Waals surface area contributed by atoms with Crippen LogP contribution in [0.5, 0.6) is 0 Å². The molecular weight excluding hydrogens is 953 g/mol. The van der Waals surface area contributed by atoms with Crippen molar-refractivity contribution in [2.75, 3.05) is 43.2 Å². The van der Waals surface area contributed by atoms with E-state index in [1.807, 2.05) is 13.8 Å². The van der Waals surface area contributed by atoms with Crippen molar-refractivity contribution in [3.05, 3.63) is 121 Å². The van der Waals surface area contributed by atoms with Crippen LogP contribution in [0, 0.1) is 17.6 Å². The Balaban J connectivity index is 0.000000185. The molecule has 2 N–H and O–H groups in total. The number of aromatic nitrogens is 8. The summed E-state index contributed by atoms with van der Waals surface area (Å²) in [5, 5.41) is 35.4. The SMILES string of the molecule is CC[C@H](C)[C@H](NC)C(=O)OC[C@@H]1CC(c2ccc(-c3ccc(N4C[C@H](Cn5ccnn5)OC4=O)cc3F)cn2)=NO1.O=C1O[C@@H](Cn2ccnn2)CN1c1ccc(-c2ccc(C3=NO[C@H](CO)C3)nc2)c(F)c1. The molecule has 2 fully saturated rings. The average Bonchev–Trinajstić information content (AvgIpc) is 4.29. The Kier molecular flexibility index (Phi) is 15.3. The number of nitrogens with one attached hydrogen (secondary N) is 1. The van der Waals surface area contributed by atoms with E-state index in [-0.39, 0.29) is 50.3 Å². The van der Waals surface area contributed by atoms with Gasteiger partial charge >= 0.3 is 18.2 Å². The maximum absolute atomic E-state index is 15.2. The van der Waals surface area contributed by atoms with Crippen LogP contribution in [0.25, 0.3) is 22.3 Å². The molecule has 4 aliphatic heterocycles. The minimum Gasteiger partial charge on any atom is -0.460 e. The molecular formula is C49H51F2N13O9. The molecule has 24 heteroatoms. The summed E-state index contributed by atoms with van der Waals surface area (Å²) < 4.78 is 49.5. The van der Waals surface area contributed by atoms with Crippen LogP contribution in [-0.4, -0.2) is 138 Å². The van der Waals surface area contributed by atoms with Crippen LogP contribution in [-0.2, 0) is 41.8 Å². The summed E-state index contributed by atoms with van der Waals surface area (Å²) in [5.74, 6) is -1.15. The quantitative estimate of drug-likeness (QED) is 0.0884. The first kappa shape index (κ1) is 49.7. The highest BCUT2D eigenvalue weighted by molar-refractivity contribution is 6.00. The van der Waals surface area contributed by atoms with E-state index < -0.39 is 42.1 Å². The number of hydrogen-bond acceptors (Lipinski definition) is 18. The first-order valence-electron chi connectivity index (χ1n) is 23.5. The number of halogens is 2. The number of hydrogen-bond donors (Lipinski definition) is 2. The number of likely N-dealkylation sites (N-methyl/N-ethyl adjacent to an activating group) is 1. The Labute approximate surface area is 416 Å². The van der Waals surface area contributed by atoms with Crippen molar-refractivity contribution in [3.63, 3.8) is 0 Å². The number of carbonyl (C=O) groups is 3. The normalized spacial score (nSPS) is 20.0. The van der Waals surface area contributed by atoms with E-state index >= 15 is 4.39 Å². The van der Waals surface area contributed by atoms with Gasteiger partial charge in [0.15, 0.2) is 12.2 Å². The lowest BCUT2D eigenvalue weighted by atomic mass is 9.99. The number of esters is 1. The second-order valence-electron chi connectivity index (χ2n) is 17.6. The lowest BCUT2D eigenvalue weighted by Gasteiger charge is -2.21. The fourth-order valence-electron chi connectivity index (χ4n) is 8.47. The zero-order valence-electron chi connectivity index (χ0n) is 39.9. The highest BCUT2D eigenvalue weighted by Gasteiger charge is 2.35. The highest BCUT2D eigenvalue weighted by atomic mass is 19.1. The van der Waals surface area contributed by atoms with Gasteiger partial charge in [-0.1, -0.05) is 53.1 Å². The Morgan fingerprint density at radius 2 is 1.26 bits per heavy atom. The molecule has 0 radical (unpaired) electrons.